The first-order valence-corrected chi connectivity index (χ1v) is 10.5. The van der Waals surface area contributed by atoms with Gasteiger partial charge < -0.3 is 19.1 Å². The van der Waals surface area contributed by atoms with E-state index in [0.717, 1.165) is 17.0 Å². The first-order chi connectivity index (χ1) is 15.2. The van der Waals surface area contributed by atoms with Gasteiger partial charge in [-0.25, -0.2) is 4.79 Å². The van der Waals surface area contributed by atoms with Gasteiger partial charge >= 0.3 is 5.97 Å². The van der Waals surface area contributed by atoms with Gasteiger partial charge in [0.2, 0.25) is 0 Å². The highest BCUT2D eigenvalue weighted by atomic mass is 16.5. The molecule has 1 aliphatic rings. The van der Waals surface area contributed by atoms with Gasteiger partial charge in [-0.05, 0) is 23.6 Å². The van der Waals surface area contributed by atoms with Crippen LogP contribution in [0.3, 0.4) is 0 Å². The van der Waals surface area contributed by atoms with Crippen LogP contribution in [0.2, 0.25) is 0 Å². The molecule has 32 heavy (non-hydrogen) atoms. The molecular formula is C24H27N3O5. The maximum absolute atomic E-state index is 12.5. The Morgan fingerprint density at radius 1 is 1.19 bits per heavy atom. The summed E-state index contributed by atoms with van der Waals surface area (Å²) in [6, 6.07) is 10.9. The van der Waals surface area contributed by atoms with Crippen LogP contribution in [0, 0.1) is 5.41 Å². The maximum atomic E-state index is 12.5. The molecule has 168 valence electrons. The van der Waals surface area contributed by atoms with E-state index in [4.69, 9.17) is 14.6 Å². The number of ether oxygens (including phenoxy) is 2. The van der Waals surface area contributed by atoms with Gasteiger partial charge in [-0.15, -0.1) is 0 Å². The number of carboxylic acids is 1. The number of hydrogen-bond acceptors (Lipinski definition) is 5. The largest absolute Gasteiger partial charge is 0.490 e. The van der Waals surface area contributed by atoms with Crippen LogP contribution in [0.1, 0.15) is 37.2 Å². The lowest BCUT2D eigenvalue weighted by Crippen LogP contribution is -2.35. The smallest absolute Gasteiger partial charge is 0.341 e. The number of benzene rings is 1. The fourth-order valence-electron chi connectivity index (χ4n) is 4.05. The molecule has 1 N–H and O–H groups in total. The molecule has 0 saturated heterocycles. The molecule has 0 bridgehead atoms. The fraction of sp³-hybridized carbons (Fsp3) is 0.375. The standard InChI is InChI=1S/C24H27N3O5/c1-24(2,3)22-14-27-19(18-12-20(28)16(23(29)30)13-26(18)22)11-17(25-27)15-7-5-6-8-21(15)32-10-9-31-4/h5-8,11-13,22H,9-10,14H2,1-4H3,(H,29,30)/t22-/m0/s1. The second-order valence-corrected chi connectivity index (χ2v) is 8.97. The van der Waals surface area contributed by atoms with Crippen LogP contribution in [0.15, 0.2) is 47.4 Å². The van der Waals surface area contributed by atoms with Crippen molar-refractivity contribution >= 4 is 5.97 Å². The Balaban J connectivity index is 1.85. The van der Waals surface area contributed by atoms with Crippen molar-refractivity contribution in [1.29, 1.82) is 0 Å². The zero-order valence-electron chi connectivity index (χ0n) is 18.7. The van der Waals surface area contributed by atoms with Crippen LogP contribution in [-0.4, -0.2) is 45.7 Å². The lowest BCUT2D eigenvalue weighted by Gasteiger charge is -2.38. The lowest BCUT2D eigenvalue weighted by molar-refractivity contribution is 0.0693. The third kappa shape index (κ3) is 3.93. The zero-order valence-corrected chi connectivity index (χ0v) is 18.7. The number of aromatic carboxylic acids is 1. The lowest BCUT2D eigenvalue weighted by atomic mass is 9.85. The van der Waals surface area contributed by atoms with Crippen LogP contribution in [0.25, 0.3) is 22.6 Å². The Kier molecular flexibility index (Phi) is 5.64. The van der Waals surface area contributed by atoms with Crippen molar-refractivity contribution in [1.82, 2.24) is 14.3 Å². The van der Waals surface area contributed by atoms with Crippen molar-refractivity contribution in [2.24, 2.45) is 5.41 Å². The van der Waals surface area contributed by atoms with E-state index in [9.17, 15) is 14.7 Å². The van der Waals surface area contributed by atoms with Gasteiger partial charge in [-0.2, -0.15) is 5.10 Å². The Labute approximate surface area is 186 Å². The van der Waals surface area contributed by atoms with E-state index in [1.165, 1.54) is 12.3 Å². The van der Waals surface area contributed by atoms with E-state index in [1.54, 1.807) is 7.11 Å². The number of rotatable bonds is 6. The Morgan fingerprint density at radius 2 is 1.94 bits per heavy atom. The molecule has 0 amide bonds. The molecule has 0 fully saturated rings. The van der Waals surface area contributed by atoms with Crippen LogP contribution in [-0.2, 0) is 11.3 Å². The second kappa shape index (κ2) is 8.27. The average Bonchev–Trinajstić information content (AvgIpc) is 3.17. The minimum atomic E-state index is -1.22. The molecule has 1 aliphatic heterocycles. The molecule has 0 saturated carbocycles. The Morgan fingerprint density at radius 3 is 2.62 bits per heavy atom. The molecule has 8 nitrogen and oxygen atoms in total. The van der Waals surface area contributed by atoms with E-state index in [-0.39, 0.29) is 17.0 Å². The molecule has 1 atom stereocenters. The van der Waals surface area contributed by atoms with Gasteiger partial charge in [0.1, 0.15) is 17.9 Å². The Bertz CT molecular complexity index is 1220. The van der Waals surface area contributed by atoms with Gasteiger partial charge in [0, 0.05) is 24.9 Å². The van der Waals surface area contributed by atoms with Crippen molar-refractivity contribution in [3.63, 3.8) is 0 Å². The zero-order chi connectivity index (χ0) is 23.0. The summed E-state index contributed by atoms with van der Waals surface area (Å²) in [4.78, 5) is 24.1. The SMILES string of the molecule is COCCOc1ccccc1-c1cc2n(n1)C[C@@H](C(C)(C)C)n1cc(C(=O)O)c(=O)cc1-2. The molecule has 1 aromatic carbocycles. The van der Waals surface area contributed by atoms with Gasteiger partial charge in [0.15, 0.2) is 5.43 Å². The number of carboxylic acid groups (broad SMARTS) is 1. The number of pyridine rings is 1. The van der Waals surface area contributed by atoms with Crippen LogP contribution in [0.4, 0.5) is 0 Å². The molecule has 0 unspecified atom stereocenters. The highest BCUT2D eigenvalue weighted by Gasteiger charge is 2.34. The molecule has 0 radical (unpaired) electrons. The highest BCUT2D eigenvalue weighted by molar-refractivity contribution is 5.87. The first-order valence-electron chi connectivity index (χ1n) is 10.5. The number of carbonyl (C=O) groups is 1. The molecular weight excluding hydrogens is 410 g/mol. The summed E-state index contributed by atoms with van der Waals surface area (Å²) in [5.74, 6) is -0.522. The van der Waals surface area contributed by atoms with E-state index in [1.807, 2.05) is 39.6 Å². The maximum Gasteiger partial charge on any atom is 0.341 e. The van der Waals surface area contributed by atoms with Crippen LogP contribution in [0.5, 0.6) is 5.75 Å². The minimum Gasteiger partial charge on any atom is -0.490 e. The molecule has 8 heteroatoms. The molecule has 0 aliphatic carbocycles. The van der Waals surface area contributed by atoms with Gasteiger partial charge in [0.25, 0.3) is 0 Å². The van der Waals surface area contributed by atoms with E-state index < -0.39 is 11.4 Å². The van der Waals surface area contributed by atoms with E-state index >= 15 is 0 Å². The minimum absolute atomic E-state index is 0.0790. The van der Waals surface area contributed by atoms with Crippen molar-refractivity contribution in [3.05, 3.63) is 58.4 Å². The van der Waals surface area contributed by atoms with Crippen molar-refractivity contribution in [2.45, 2.75) is 33.4 Å². The molecule has 4 rings (SSSR count). The van der Waals surface area contributed by atoms with Crippen molar-refractivity contribution < 1.29 is 19.4 Å². The molecule has 3 heterocycles. The van der Waals surface area contributed by atoms with Gasteiger partial charge in [0.05, 0.1) is 36.3 Å². The summed E-state index contributed by atoms with van der Waals surface area (Å²) in [6.07, 6.45) is 1.47. The predicted molar refractivity (Wildman–Crippen MR) is 120 cm³/mol. The molecule has 2 aromatic heterocycles. The summed E-state index contributed by atoms with van der Waals surface area (Å²) in [5, 5.41) is 14.3. The highest BCUT2D eigenvalue weighted by Crippen LogP contribution is 2.41. The average molecular weight is 437 g/mol. The van der Waals surface area contributed by atoms with Crippen LogP contribution >= 0.6 is 0 Å². The topological polar surface area (TPSA) is 95.6 Å². The summed E-state index contributed by atoms with van der Waals surface area (Å²) in [7, 11) is 1.62. The summed E-state index contributed by atoms with van der Waals surface area (Å²) >= 11 is 0. The third-order valence-electron chi connectivity index (χ3n) is 5.74. The summed E-state index contributed by atoms with van der Waals surface area (Å²) < 4.78 is 14.8. The van der Waals surface area contributed by atoms with Gasteiger partial charge in [-0.1, -0.05) is 32.9 Å². The summed E-state index contributed by atoms with van der Waals surface area (Å²) in [5.41, 5.74) is 2.05. The number of hydrogen-bond donors (Lipinski definition) is 1. The van der Waals surface area contributed by atoms with Crippen molar-refractivity contribution in [2.75, 3.05) is 20.3 Å². The quantitative estimate of drug-likeness (QED) is 0.591. The van der Waals surface area contributed by atoms with Gasteiger partial charge in [-0.3, -0.25) is 9.48 Å². The van der Waals surface area contributed by atoms with Crippen molar-refractivity contribution in [3.8, 4) is 28.4 Å². The third-order valence-corrected chi connectivity index (χ3v) is 5.74. The van der Waals surface area contributed by atoms with E-state index in [0.29, 0.717) is 31.2 Å². The molecule has 3 aromatic rings. The fourth-order valence-corrected chi connectivity index (χ4v) is 4.05. The van der Waals surface area contributed by atoms with Crippen LogP contribution < -0.4 is 10.2 Å². The first kappa shape index (κ1) is 21.8. The van der Waals surface area contributed by atoms with E-state index in [2.05, 4.69) is 20.8 Å². The monoisotopic (exact) mass is 437 g/mol. The summed E-state index contributed by atoms with van der Waals surface area (Å²) in [6.45, 7) is 7.73. The number of fused-ring (bicyclic) bond motifs is 3. The Hall–Kier alpha value is -3.39. The number of para-hydroxylation sites is 1. The second-order valence-electron chi connectivity index (χ2n) is 8.97. The number of aromatic nitrogens is 3. The predicted octanol–water partition coefficient (Wildman–Crippen LogP) is 3.70. The molecule has 0 spiro atoms. The number of nitrogens with zero attached hydrogens (tertiary/aromatic N) is 3. The normalized spacial score (nSPS) is 15.2. The number of methoxy groups -OCH3 is 1.